The van der Waals surface area contributed by atoms with Crippen molar-refractivity contribution in [2.45, 2.75) is 128 Å². The normalized spacial score (nSPS) is 12.1. The second kappa shape index (κ2) is 22.2. The Morgan fingerprint density at radius 3 is 1.22 bits per heavy atom. The highest BCUT2D eigenvalue weighted by Gasteiger charge is 2.34. The number of benzene rings is 3. The van der Waals surface area contributed by atoms with Gasteiger partial charge in [0.25, 0.3) is 0 Å². The van der Waals surface area contributed by atoms with Crippen molar-refractivity contribution in [1.82, 2.24) is 0 Å². The SMILES string of the molecule is Br.CCCCCCCCCCCCCCCCC(Cc1ccccc1)C(P)(Cc1ccccc1)Cc1ccccc1. The van der Waals surface area contributed by atoms with E-state index in [-0.39, 0.29) is 22.1 Å². The summed E-state index contributed by atoms with van der Waals surface area (Å²) in [5.41, 5.74) is 4.38. The molecule has 0 spiro atoms. The van der Waals surface area contributed by atoms with Gasteiger partial charge in [-0.1, -0.05) is 188 Å². The quantitative estimate of drug-likeness (QED) is 0.0760. The minimum atomic E-state index is 0. The first-order chi connectivity index (χ1) is 19.7. The van der Waals surface area contributed by atoms with E-state index >= 15 is 0 Å². The van der Waals surface area contributed by atoms with Crippen molar-refractivity contribution in [3.63, 3.8) is 0 Å². The third-order valence-corrected chi connectivity index (χ3v) is 9.68. The van der Waals surface area contributed by atoms with Crippen LogP contribution in [0.5, 0.6) is 0 Å². The molecule has 0 bridgehead atoms. The lowest BCUT2D eigenvalue weighted by Gasteiger charge is -2.39. The highest BCUT2D eigenvalue weighted by atomic mass is 79.9. The van der Waals surface area contributed by atoms with Gasteiger partial charge in [0.1, 0.15) is 0 Å². The van der Waals surface area contributed by atoms with E-state index in [1.54, 1.807) is 0 Å². The van der Waals surface area contributed by atoms with Crippen molar-refractivity contribution in [2.75, 3.05) is 0 Å². The van der Waals surface area contributed by atoms with Gasteiger partial charge >= 0.3 is 0 Å². The van der Waals surface area contributed by atoms with Crippen molar-refractivity contribution < 1.29 is 0 Å². The van der Waals surface area contributed by atoms with Gasteiger partial charge in [0.05, 0.1) is 0 Å². The smallest absolute Gasteiger partial charge is 0.00385 e. The minimum absolute atomic E-state index is 0. The predicted octanol–water partition coefficient (Wildman–Crippen LogP) is 12.4. The van der Waals surface area contributed by atoms with E-state index in [2.05, 4.69) is 107 Å². The molecule has 0 radical (unpaired) electrons. The van der Waals surface area contributed by atoms with E-state index in [1.165, 1.54) is 113 Å². The van der Waals surface area contributed by atoms with Crippen LogP contribution in [0, 0.1) is 5.92 Å². The van der Waals surface area contributed by atoms with E-state index < -0.39 is 0 Å². The molecule has 0 saturated carbocycles. The number of hydrogen-bond acceptors (Lipinski definition) is 0. The molecule has 2 atom stereocenters. The maximum Gasteiger partial charge on any atom is -0.00385 e. The second-order valence-corrected chi connectivity index (χ2v) is 13.5. The molecule has 2 unspecified atom stereocenters. The molecular formula is C39H58BrP. The molecule has 41 heavy (non-hydrogen) atoms. The topological polar surface area (TPSA) is 0 Å². The summed E-state index contributed by atoms with van der Waals surface area (Å²) in [4.78, 5) is 0. The van der Waals surface area contributed by atoms with Crippen molar-refractivity contribution in [1.29, 1.82) is 0 Å². The number of rotatable bonds is 22. The molecule has 0 heterocycles. The third kappa shape index (κ3) is 15.0. The summed E-state index contributed by atoms with van der Waals surface area (Å²) in [6.45, 7) is 2.30. The van der Waals surface area contributed by atoms with Crippen LogP contribution in [0.25, 0.3) is 0 Å². The monoisotopic (exact) mass is 636 g/mol. The van der Waals surface area contributed by atoms with Gasteiger partial charge in [-0.05, 0) is 53.4 Å². The first-order valence-electron chi connectivity index (χ1n) is 16.6. The molecule has 0 aliphatic rings. The van der Waals surface area contributed by atoms with Gasteiger partial charge in [-0.2, -0.15) is 0 Å². The molecule has 0 nitrogen and oxygen atoms in total. The fourth-order valence-corrected chi connectivity index (χ4v) is 7.14. The number of halogens is 1. The van der Waals surface area contributed by atoms with Crippen molar-refractivity contribution in [3.05, 3.63) is 108 Å². The molecule has 0 aliphatic heterocycles. The Balaban J connectivity index is 0.00000588. The average Bonchev–Trinajstić information content (AvgIpc) is 2.98. The lowest BCUT2D eigenvalue weighted by atomic mass is 9.75. The number of unbranched alkanes of at least 4 members (excludes halogenated alkanes) is 13. The van der Waals surface area contributed by atoms with Crippen LogP contribution in [0.15, 0.2) is 91.0 Å². The summed E-state index contributed by atoms with van der Waals surface area (Å²) in [5.74, 6) is 0.623. The standard InChI is InChI=1S/C39H57P.BrH/c1-2-3-4-5-6-7-8-9-10-11-12-13-14-24-31-38(32-35-25-18-15-19-26-35)39(40,33-36-27-20-16-21-28-36)34-37-29-22-17-23-30-37;/h15-23,25-30,38H,2-14,24,31-34,40H2,1H3;1H. The Morgan fingerprint density at radius 2 is 0.829 bits per heavy atom. The van der Waals surface area contributed by atoms with Crippen molar-refractivity contribution in [2.24, 2.45) is 5.92 Å². The van der Waals surface area contributed by atoms with Crippen molar-refractivity contribution >= 4 is 26.2 Å². The zero-order valence-corrected chi connectivity index (χ0v) is 28.8. The fraction of sp³-hybridized carbons (Fsp3) is 0.538. The highest BCUT2D eigenvalue weighted by molar-refractivity contribution is 8.93. The van der Waals surface area contributed by atoms with Gasteiger partial charge < -0.3 is 0 Å². The van der Waals surface area contributed by atoms with Crippen LogP contribution >= 0.6 is 26.2 Å². The third-order valence-electron chi connectivity index (χ3n) is 8.80. The first-order valence-corrected chi connectivity index (χ1v) is 17.2. The molecule has 3 rings (SSSR count). The zero-order chi connectivity index (χ0) is 28.1. The molecule has 226 valence electrons. The maximum absolute atomic E-state index is 3.40. The van der Waals surface area contributed by atoms with Gasteiger partial charge in [-0.15, -0.1) is 26.2 Å². The maximum atomic E-state index is 3.40. The summed E-state index contributed by atoms with van der Waals surface area (Å²) in [6.07, 6.45) is 24.5. The molecule has 3 aromatic rings. The Bertz CT molecular complexity index is 946. The van der Waals surface area contributed by atoms with Crippen molar-refractivity contribution in [3.8, 4) is 0 Å². The van der Waals surface area contributed by atoms with Gasteiger partial charge in [-0.3, -0.25) is 0 Å². The first kappa shape index (κ1) is 35.8. The average molecular weight is 638 g/mol. The van der Waals surface area contributed by atoms with E-state index in [0.29, 0.717) is 5.92 Å². The van der Waals surface area contributed by atoms with E-state index in [1.807, 2.05) is 0 Å². The van der Waals surface area contributed by atoms with Crippen LogP contribution in [0.2, 0.25) is 0 Å². The number of hydrogen-bond donors (Lipinski definition) is 0. The van der Waals surface area contributed by atoms with E-state index in [9.17, 15) is 0 Å². The van der Waals surface area contributed by atoms with Gasteiger partial charge in [-0.25, -0.2) is 0 Å². The van der Waals surface area contributed by atoms with Gasteiger partial charge in [0.2, 0.25) is 0 Å². The van der Waals surface area contributed by atoms with Crippen LogP contribution in [0.3, 0.4) is 0 Å². The van der Waals surface area contributed by atoms with Crippen LogP contribution in [-0.4, -0.2) is 5.16 Å². The highest BCUT2D eigenvalue weighted by Crippen LogP contribution is 2.40. The molecular weight excluding hydrogens is 579 g/mol. The van der Waals surface area contributed by atoms with Crippen LogP contribution in [0.4, 0.5) is 0 Å². The molecule has 0 saturated heterocycles. The van der Waals surface area contributed by atoms with Crippen LogP contribution in [0.1, 0.15) is 120 Å². The van der Waals surface area contributed by atoms with Crippen LogP contribution in [-0.2, 0) is 19.3 Å². The Labute approximate surface area is 266 Å². The summed E-state index contributed by atoms with van der Waals surface area (Å²) in [5, 5.41) is 0.134. The van der Waals surface area contributed by atoms with E-state index in [4.69, 9.17) is 0 Å². The Hall–Kier alpha value is -1.43. The van der Waals surface area contributed by atoms with Gasteiger partial charge in [0, 0.05) is 0 Å². The van der Waals surface area contributed by atoms with E-state index in [0.717, 1.165) is 19.3 Å². The molecule has 2 heteroatoms. The molecule has 0 fully saturated rings. The lowest BCUT2D eigenvalue weighted by molar-refractivity contribution is 0.330. The molecule has 0 N–H and O–H groups in total. The Morgan fingerprint density at radius 1 is 0.488 bits per heavy atom. The molecule has 0 amide bonds. The lowest BCUT2D eigenvalue weighted by Crippen LogP contribution is -2.38. The molecule has 0 aromatic heterocycles. The Kier molecular flexibility index (Phi) is 19.3. The fourth-order valence-electron chi connectivity index (χ4n) is 6.38. The van der Waals surface area contributed by atoms with Gasteiger partial charge in [0.15, 0.2) is 0 Å². The second-order valence-electron chi connectivity index (χ2n) is 12.3. The summed E-state index contributed by atoms with van der Waals surface area (Å²) in [6, 6.07) is 33.5. The minimum Gasteiger partial charge on any atom is -0.130 e. The summed E-state index contributed by atoms with van der Waals surface area (Å²) >= 11 is 0. The molecule has 3 aromatic carbocycles. The predicted molar refractivity (Wildman–Crippen MR) is 192 cm³/mol. The summed E-state index contributed by atoms with van der Waals surface area (Å²) in [7, 11) is 3.40. The largest absolute Gasteiger partial charge is 0.130 e. The zero-order valence-electron chi connectivity index (χ0n) is 26.0. The van der Waals surface area contributed by atoms with Crippen LogP contribution < -0.4 is 0 Å². The molecule has 0 aliphatic carbocycles. The summed E-state index contributed by atoms with van der Waals surface area (Å²) < 4.78 is 0.